The first kappa shape index (κ1) is 26.6. The predicted octanol–water partition coefficient (Wildman–Crippen LogP) is 4.14. The summed E-state index contributed by atoms with van der Waals surface area (Å²) in [4.78, 5) is 24.8. The summed E-state index contributed by atoms with van der Waals surface area (Å²) in [6.07, 6.45) is 3.72. The van der Waals surface area contributed by atoms with Gasteiger partial charge >= 0.3 is 0 Å². The maximum atomic E-state index is 13.6. The third-order valence-corrected chi connectivity index (χ3v) is 5.57. The summed E-state index contributed by atoms with van der Waals surface area (Å²) in [5, 5.41) is 3.33. The molecule has 0 bridgehead atoms. The molecule has 1 N–H and O–H groups in total. The van der Waals surface area contributed by atoms with Crippen molar-refractivity contribution in [1.29, 1.82) is 0 Å². The Morgan fingerprint density at radius 2 is 2.03 bits per heavy atom. The number of rotatable bonds is 15. The van der Waals surface area contributed by atoms with Gasteiger partial charge in [-0.2, -0.15) is 0 Å². The number of fused-ring (bicyclic) bond motifs is 1. The number of nitrogens with one attached hydrogen (secondary N) is 1. The average molecular weight is 482 g/mol. The molecule has 2 aromatic heterocycles. The van der Waals surface area contributed by atoms with E-state index >= 15 is 0 Å². The van der Waals surface area contributed by atoms with Gasteiger partial charge in [-0.25, -0.2) is 9.97 Å². The number of carbonyl (C=O) groups excluding carboxylic acids is 1. The van der Waals surface area contributed by atoms with Crippen molar-refractivity contribution in [2.75, 3.05) is 40.0 Å². The van der Waals surface area contributed by atoms with Gasteiger partial charge in [-0.15, -0.1) is 0 Å². The van der Waals surface area contributed by atoms with Crippen molar-refractivity contribution >= 4 is 17.1 Å². The minimum atomic E-state index is -0.0232. The molecular formula is C27H39N5O3. The van der Waals surface area contributed by atoms with Gasteiger partial charge in [0.2, 0.25) is 0 Å². The summed E-state index contributed by atoms with van der Waals surface area (Å²) in [6.45, 7) is 11.2. The fraction of sp³-hybridized carbons (Fsp3) is 0.519. The number of benzene rings is 1. The van der Waals surface area contributed by atoms with E-state index in [1.54, 1.807) is 13.3 Å². The molecule has 0 saturated heterocycles. The minimum absolute atomic E-state index is 0.0232. The Kier molecular flexibility index (Phi) is 10.5. The molecule has 0 aliphatic heterocycles. The molecule has 0 aliphatic rings. The summed E-state index contributed by atoms with van der Waals surface area (Å²) in [7, 11) is 1.71. The van der Waals surface area contributed by atoms with E-state index in [-0.39, 0.29) is 5.91 Å². The highest BCUT2D eigenvalue weighted by Crippen LogP contribution is 2.20. The van der Waals surface area contributed by atoms with Crippen molar-refractivity contribution in [2.24, 2.45) is 5.92 Å². The van der Waals surface area contributed by atoms with Crippen LogP contribution in [0.25, 0.3) is 11.2 Å². The van der Waals surface area contributed by atoms with Gasteiger partial charge in [-0.1, -0.05) is 26.8 Å². The maximum absolute atomic E-state index is 13.6. The number of pyridine rings is 1. The summed E-state index contributed by atoms with van der Waals surface area (Å²) < 4.78 is 13.1. The number of aromatic nitrogens is 3. The van der Waals surface area contributed by atoms with Crippen LogP contribution < -0.4 is 10.1 Å². The average Bonchev–Trinajstić information content (AvgIpc) is 3.20. The summed E-state index contributed by atoms with van der Waals surface area (Å²) >= 11 is 0. The van der Waals surface area contributed by atoms with Gasteiger partial charge in [-0.3, -0.25) is 4.79 Å². The van der Waals surface area contributed by atoms with E-state index in [2.05, 4.69) is 35.6 Å². The highest BCUT2D eigenvalue weighted by Gasteiger charge is 2.21. The number of imidazole rings is 1. The number of hydrogen-bond acceptors (Lipinski definition) is 6. The topological polar surface area (TPSA) is 81.5 Å². The molecular weight excluding hydrogens is 442 g/mol. The largest absolute Gasteiger partial charge is 0.492 e. The molecule has 1 amide bonds. The zero-order chi connectivity index (χ0) is 25.0. The lowest BCUT2D eigenvalue weighted by Crippen LogP contribution is -2.34. The second-order valence-corrected chi connectivity index (χ2v) is 9.08. The van der Waals surface area contributed by atoms with Crippen LogP contribution in [0.15, 0.2) is 42.6 Å². The van der Waals surface area contributed by atoms with Crippen molar-refractivity contribution < 1.29 is 14.3 Å². The quantitative estimate of drug-likeness (QED) is 0.329. The van der Waals surface area contributed by atoms with Gasteiger partial charge in [0.25, 0.3) is 5.91 Å². The van der Waals surface area contributed by atoms with Crippen LogP contribution in [0, 0.1) is 5.92 Å². The maximum Gasteiger partial charge on any atom is 0.254 e. The normalized spacial score (nSPS) is 11.3. The van der Waals surface area contributed by atoms with Crippen molar-refractivity contribution in [3.8, 4) is 5.75 Å². The molecule has 3 aromatic rings. The Labute approximate surface area is 208 Å². The van der Waals surface area contributed by atoms with Crippen molar-refractivity contribution in [3.63, 3.8) is 0 Å². The Hall–Kier alpha value is -2.97. The molecule has 0 spiro atoms. The van der Waals surface area contributed by atoms with E-state index in [9.17, 15) is 4.79 Å². The lowest BCUT2D eigenvalue weighted by molar-refractivity contribution is 0.0715. The van der Waals surface area contributed by atoms with Gasteiger partial charge in [0.1, 0.15) is 23.7 Å². The Morgan fingerprint density at radius 1 is 1.17 bits per heavy atom. The fourth-order valence-electron chi connectivity index (χ4n) is 4.02. The molecule has 3 rings (SSSR count). The smallest absolute Gasteiger partial charge is 0.254 e. The molecule has 0 fully saturated rings. The van der Waals surface area contributed by atoms with Crippen LogP contribution in [-0.2, 0) is 17.8 Å². The van der Waals surface area contributed by atoms with E-state index in [0.29, 0.717) is 36.9 Å². The van der Waals surface area contributed by atoms with E-state index in [1.165, 1.54) is 0 Å². The van der Waals surface area contributed by atoms with Crippen LogP contribution in [0.3, 0.4) is 0 Å². The van der Waals surface area contributed by atoms with Gasteiger partial charge in [0, 0.05) is 45.1 Å². The molecule has 0 saturated carbocycles. The first-order chi connectivity index (χ1) is 17.0. The van der Waals surface area contributed by atoms with Crippen LogP contribution in [0.2, 0.25) is 0 Å². The van der Waals surface area contributed by atoms with Crippen LogP contribution in [-0.4, -0.2) is 65.3 Å². The van der Waals surface area contributed by atoms with Crippen molar-refractivity contribution in [1.82, 2.24) is 24.8 Å². The molecule has 0 radical (unpaired) electrons. The molecule has 8 nitrogen and oxygen atoms in total. The Bertz CT molecular complexity index is 1070. The molecule has 190 valence electrons. The molecule has 0 unspecified atom stereocenters. The minimum Gasteiger partial charge on any atom is -0.492 e. The molecule has 0 aliphatic carbocycles. The summed E-state index contributed by atoms with van der Waals surface area (Å²) in [6, 6.07) is 11.3. The van der Waals surface area contributed by atoms with E-state index < -0.39 is 0 Å². The number of hydrogen-bond donors (Lipinski definition) is 1. The van der Waals surface area contributed by atoms with E-state index in [4.69, 9.17) is 14.5 Å². The Morgan fingerprint density at radius 3 is 2.80 bits per heavy atom. The number of aryl methyl sites for hydroxylation is 1. The highest BCUT2D eigenvalue weighted by molar-refractivity contribution is 5.94. The SMILES string of the molecule is CCCn1c(CN(CC(C)C)C(=O)c2cccc(OCCNCCCOC)c2)nc2cccnc21. The van der Waals surface area contributed by atoms with Gasteiger partial charge < -0.3 is 24.3 Å². The lowest BCUT2D eigenvalue weighted by Gasteiger charge is -2.25. The molecule has 2 heterocycles. The first-order valence-electron chi connectivity index (χ1n) is 12.5. The molecule has 1 aromatic carbocycles. The number of carbonyl (C=O) groups is 1. The first-order valence-corrected chi connectivity index (χ1v) is 12.5. The standard InChI is InChI=1S/C27H39N5O3/c1-5-15-32-25(30-24-11-7-13-29-26(24)32)20-31(19-21(2)3)27(33)22-9-6-10-23(18-22)35-17-14-28-12-8-16-34-4/h6-7,9-11,13,18,21,28H,5,8,12,14-17,19-20H2,1-4H3. The fourth-order valence-corrected chi connectivity index (χ4v) is 4.02. The summed E-state index contributed by atoms with van der Waals surface area (Å²) in [5.74, 6) is 1.86. The predicted molar refractivity (Wildman–Crippen MR) is 139 cm³/mol. The molecule has 0 atom stereocenters. The number of nitrogens with zero attached hydrogens (tertiary/aromatic N) is 4. The molecule has 8 heteroatoms. The molecule has 35 heavy (non-hydrogen) atoms. The monoisotopic (exact) mass is 481 g/mol. The van der Waals surface area contributed by atoms with Crippen molar-refractivity contribution in [3.05, 3.63) is 54.0 Å². The van der Waals surface area contributed by atoms with Gasteiger partial charge in [0.15, 0.2) is 5.65 Å². The lowest BCUT2D eigenvalue weighted by atomic mass is 10.1. The second kappa shape index (κ2) is 13.8. The van der Waals surface area contributed by atoms with Gasteiger partial charge in [-0.05, 0) is 55.6 Å². The van der Waals surface area contributed by atoms with Crippen LogP contribution in [0.1, 0.15) is 49.8 Å². The van der Waals surface area contributed by atoms with Gasteiger partial charge in [0.05, 0.1) is 6.54 Å². The number of ether oxygens (including phenoxy) is 2. The Balaban J connectivity index is 1.71. The summed E-state index contributed by atoms with van der Waals surface area (Å²) in [5.41, 5.74) is 2.35. The highest BCUT2D eigenvalue weighted by atomic mass is 16.5. The zero-order valence-corrected chi connectivity index (χ0v) is 21.5. The number of methoxy groups -OCH3 is 1. The van der Waals surface area contributed by atoms with Crippen LogP contribution in [0.4, 0.5) is 0 Å². The third kappa shape index (κ3) is 7.77. The van der Waals surface area contributed by atoms with Crippen LogP contribution >= 0.6 is 0 Å². The number of amides is 1. The zero-order valence-electron chi connectivity index (χ0n) is 21.5. The third-order valence-electron chi connectivity index (χ3n) is 5.57. The van der Waals surface area contributed by atoms with E-state index in [1.807, 2.05) is 41.3 Å². The second-order valence-electron chi connectivity index (χ2n) is 9.08. The van der Waals surface area contributed by atoms with Crippen LogP contribution in [0.5, 0.6) is 5.75 Å². The van der Waals surface area contributed by atoms with E-state index in [0.717, 1.165) is 56.1 Å². The van der Waals surface area contributed by atoms with Crippen molar-refractivity contribution in [2.45, 2.75) is 46.7 Å².